The van der Waals surface area contributed by atoms with Gasteiger partial charge in [0.05, 0.1) is 28.2 Å². The summed E-state index contributed by atoms with van der Waals surface area (Å²) in [5.41, 5.74) is 19.5. The van der Waals surface area contributed by atoms with Crippen LogP contribution in [0.5, 0.6) is 0 Å². The van der Waals surface area contributed by atoms with Crippen LogP contribution in [0.2, 0.25) is 0 Å². The van der Waals surface area contributed by atoms with E-state index in [2.05, 4.69) is 193 Å². The molecule has 0 fully saturated rings. The van der Waals surface area contributed by atoms with E-state index < -0.39 is 5.41 Å². The van der Waals surface area contributed by atoms with Crippen LogP contribution < -0.4 is 0 Å². The molecule has 270 valence electrons. The summed E-state index contributed by atoms with van der Waals surface area (Å²) in [6, 6.07) is 71.4. The minimum atomic E-state index is -0.460. The van der Waals surface area contributed by atoms with Crippen molar-refractivity contribution in [2.45, 2.75) is 5.41 Å². The predicted octanol–water partition coefficient (Wildman–Crippen LogP) is 12.8. The van der Waals surface area contributed by atoms with Crippen LogP contribution in [0.15, 0.2) is 206 Å². The fourth-order valence-corrected chi connectivity index (χ4v) is 9.67. The zero-order valence-electron chi connectivity index (χ0n) is 31.4. The van der Waals surface area contributed by atoms with Crippen molar-refractivity contribution in [2.24, 2.45) is 0 Å². The molecule has 3 heterocycles. The van der Waals surface area contributed by atoms with Crippen LogP contribution in [-0.4, -0.2) is 19.4 Å². The van der Waals surface area contributed by atoms with Gasteiger partial charge in [-0.25, -0.2) is 15.0 Å². The fourth-order valence-electron chi connectivity index (χ4n) is 9.67. The summed E-state index contributed by atoms with van der Waals surface area (Å²) >= 11 is 0. The Morgan fingerprint density at radius 2 is 0.862 bits per heavy atom. The van der Waals surface area contributed by atoms with Crippen LogP contribution in [-0.2, 0) is 5.41 Å². The highest BCUT2D eigenvalue weighted by Gasteiger charge is 2.51. The molecule has 0 radical (unpaired) electrons. The van der Waals surface area contributed by atoms with E-state index in [1.807, 2.05) is 18.2 Å². The summed E-state index contributed by atoms with van der Waals surface area (Å²) in [5.74, 6) is 0.682. The number of hydrogen-bond acceptors (Lipinski definition) is 3. The first-order valence-corrected chi connectivity index (χ1v) is 19.8. The average molecular weight is 739 g/mol. The molecule has 0 saturated carbocycles. The molecule has 0 bridgehead atoms. The van der Waals surface area contributed by atoms with Crippen molar-refractivity contribution in [2.75, 3.05) is 0 Å². The van der Waals surface area contributed by atoms with Gasteiger partial charge < -0.3 is 0 Å². The average Bonchev–Trinajstić information content (AvgIpc) is 3.94. The van der Waals surface area contributed by atoms with Crippen molar-refractivity contribution in [3.63, 3.8) is 0 Å². The number of aromatic nitrogens is 4. The Balaban J connectivity index is 1.10. The molecule has 0 amide bonds. The van der Waals surface area contributed by atoms with E-state index in [1.54, 1.807) is 0 Å². The molecule has 2 aliphatic carbocycles. The summed E-state index contributed by atoms with van der Waals surface area (Å²) < 4.78 is 2.19. The Morgan fingerprint density at radius 1 is 0.345 bits per heavy atom. The van der Waals surface area contributed by atoms with E-state index in [0.29, 0.717) is 5.82 Å². The number of hydrogen-bond donors (Lipinski definition) is 0. The maximum Gasteiger partial charge on any atom is 0.160 e. The van der Waals surface area contributed by atoms with E-state index in [-0.39, 0.29) is 0 Å². The largest absolute Gasteiger partial charge is 0.299 e. The normalized spacial score (nSPS) is 13.0. The lowest BCUT2D eigenvalue weighted by Crippen LogP contribution is -2.25. The molecule has 2 aliphatic rings. The fraction of sp³-hybridized carbons (Fsp3) is 0.0185. The maximum absolute atomic E-state index is 5.49. The molecule has 0 aliphatic heterocycles. The lowest BCUT2D eigenvalue weighted by molar-refractivity contribution is 0.794. The monoisotopic (exact) mass is 738 g/mol. The van der Waals surface area contributed by atoms with Gasteiger partial charge in [-0.05, 0) is 68.8 Å². The highest BCUT2D eigenvalue weighted by atomic mass is 15.0. The first-order chi connectivity index (χ1) is 28.8. The Hall–Kier alpha value is -7.69. The van der Waals surface area contributed by atoms with Crippen LogP contribution in [0.25, 0.3) is 84.3 Å². The van der Waals surface area contributed by atoms with Crippen LogP contribution in [0.1, 0.15) is 22.3 Å². The third-order valence-electron chi connectivity index (χ3n) is 12.1. The van der Waals surface area contributed by atoms with Gasteiger partial charge in [-0.2, -0.15) is 0 Å². The van der Waals surface area contributed by atoms with Crippen LogP contribution in [0, 0.1) is 0 Å². The minimum absolute atomic E-state index is 0.460. The number of rotatable bonds is 5. The SMILES string of the molecule is c1ccc(-c2cc(-c3ccccc3-c3c(-c4ccccc4)nc4ccccn34)nc(-c3ccc4c(c3)C3(c5ccccc5-c5ccccc53)c3ccccc3-4)n2)cc1. The van der Waals surface area contributed by atoms with Crippen LogP contribution >= 0.6 is 0 Å². The van der Waals surface area contributed by atoms with E-state index in [0.717, 1.165) is 56.2 Å². The molecule has 10 aromatic rings. The lowest BCUT2D eigenvalue weighted by Gasteiger charge is -2.30. The molecule has 0 atom stereocenters. The van der Waals surface area contributed by atoms with Gasteiger partial charge in [-0.15, -0.1) is 0 Å². The molecule has 3 aromatic heterocycles. The number of fused-ring (bicyclic) bond motifs is 11. The van der Waals surface area contributed by atoms with E-state index in [9.17, 15) is 0 Å². The van der Waals surface area contributed by atoms with Crippen molar-refractivity contribution < 1.29 is 0 Å². The van der Waals surface area contributed by atoms with Crippen LogP contribution in [0.3, 0.4) is 0 Å². The van der Waals surface area contributed by atoms with Gasteiger partial charge in [0.2, 0.25) is 0 Å². The summed E-state index contributed by atoms with van der Waals surface area (Å²) in [6.45, 7) is 0. The molecule has 0 N–H and O–H groups in total. The second-order valence-corrected chi connectivity index (χ2v) is 15.1. The van der Waals surface area contributed by atoms with Crippen LogP contribution in [0.4, 0.5) is 0 Å². The molecule has 4 nitrogen and oxygen atoms in total. The summed E-state index contributed by atoms with van der Waals surface area (Å²) in [6.07, 6.45) is 2.10. The highest BCUT2D eigenvalue weighted by Crippen LogP contribution is 2.63. The molecule has 1 spiro atoms. The number of benzene rings is 7. The summed E-state index contributed by atoms with van der Waals surface area (Å²) in [4.78, 5) is 16.0. The van der Waals surface area contributed by atoms with Gasteiger partial charge >= 0.3 is 0 Å². The molecule has 7 aromatic carbocycles. The molecular weight excluding hydrogens is 705 g/mol. The third-order valence-corrected chi connectivity index (χ3v) is 12.1. The van der Waals surface area contributed by atoms with Gasteiger partial charge in [0.25, 0.3) is 0 Å². The second kappa shape index (κ2) is 12.7. The van der Waals surface area contributed by atoms with E-state index >= 15 is 0 Å². The Bertz CT molecular complexity index is 3170. The van der Waals surface area contributed by atoms with Crippen molar-refractivity contribution >= 4 is 5.65 Å². The van der Waals surface area contributed by atoms with Crippen molar-refractivity contribution in [1.82, 2.24) is 19.4 Å². The first-order valence-electron chi connectivity index (χ1n) is 19.8. The van der Waals surface area contributed by atoms with Gasteiger partial charge in [-0.1, -0.05) is 176 Å². The van der Waals surface area contributed by atoms with Crippen molar-refractivity contribution in [3.05, 3.63) is 229 Å². The Kier molecular flexibility index (Phi) is 7.11. The van der Waals surface area contributed by atoms with Crippen molar-refractivity contribution in [3.8, 4) is 78.7 Å². The maximum atomic E-state index is 5.49. The van der Waals surface area contributed by atoms with Crippen molar-refractivity contribution in [1.29, 1.82) is 0 Å². The first kappa shape index (κ1) is 32.5. The number of pyridine rings is 1. The van der Waals surface area contributed by atoms with Gasteiger partial charge in [0.1, 0.15) is 5.65 Å². The Morgan fingerprint density at radius 3 is 1.52 bits per heavy atom. The summed E-state index contributed by atoms with van der Waals surface area (Å²) in [7, 11) is 0. The molecule has 12 rings (SSSR count). The predicted molar refractivity (Wildman–Crippen MR) is 234 cm³/mol. The van der Waals surface area contributed by atoms with Gasteiger partial charge in [0.15, 0.2) is 5.82 Å². The summed E-state index contributed by atoms with van der Waals surface area (Å²) in [5, 5.41) is 0. The van der Waals surface area contributed by atoms with E-state index in [4.69, 9.17) is 15.0 Å². The lowest BCUT2D eigenvalue weighted by atomic mass is 9.70. The smallest absolute Gasteiger partial charge is 0.160 e. The standard InChI is InChI=1S/C54H34N4/c1-3-17-35(18-4-1)48-34-49(42-24-7-8-25-43(42)52-51(36-19-5-2-6-20-36)57-50-29-15-16-32-58(50)52)56-53(55-48)37-30-31-41-40-23-11-14-28-46(40)54(47(41)33-37)44-26-12-9-21-38(44)39-22-10-13-27-45(39)54/h1-34H. The molecule has 58 heavy (non-hydrogen) atoms. The molecule has 0 saturated heterocycles. The number of imidazole rings is 1. The minimum Gasteiger partial charge on any atom is -0.299 e. The molecule has 4 heteroatoms. The third kappa shape index (κ3) is 4.66. The van der Waals surface area contributed by atoms with E-state index in [1.165, 1.54) is 44.5 Å². The Labute approximate surface area is 336 Å². The zero-order chi connectivity index (χ0) is 38.2. The topological polar surface area (TPSA) is 43.1 Å². The van der Waals surface area contributed by atoms with Gasteiger partial charge in [-0.3, -0.25) is 4.40 Å². The molecule has 0 unspecified atom stereocenters. The quantitative estimate of drug-likeness (QED) is 0.177. The molecular formula is C54H34N4. The number of nitrogens with zero attached hydrogens (tertiary/aromatic N) is 4. The van der Waals surface area contributed by atoms with Gasteiger partial charge in [0, 0.05) is 34.0 Å². The highest BCUT2D eigenvalue weighted by molar-refractivity contribution is 5.96. The second-order valence-electron chi connectivity index (χ2n) is 15.1. The zero-order valence-corrected chi connectivity index (χ0v) is 31.4.